The molecule has 1 heterocycles. The fourth-order valence-corrected chi connectivity index (χ4v) is 4.28. The third-order valence-electron chi connectivity index (χ3n) is 5.90. The zero-order chi connectivity index (χ0) is 16.6. The number of carbonyl (C=O) groups excluding carboxylic acids is 1. The van der Waals surface area contributed by atoms with Crippen LogP contribution in [-0.2, 0) is 4.79 Å². The van der Waals surface area contributed by atoms with Crippen molar-refractivity contribution < 1.29 is 13.9 Å². The molecule has 1 amide bonds. The van der Waals surface area contributed by atoms with Crippen LogP contribution in [0.25, 0.3) is 0 Å². The maximum atomic E-state index is 14.2. The van der Waals surface area contributed by atoms with Crippen molar-refractivity contribution in [2.75, 3.05) is 18.4 Å². The van der Waals surface area contributed by atoms with Gasteiger partial charge in [-0.1, -0.05) is 0 Å². The molecule has 3 fully saturated rings. The first kappa shape index (κ1) is 15.9. The standard InChI is InChI=1S/C19H25FN2O2/c20-16-11-13(5-6-17(16)24-14-3-1-2-4-14)22-18(23)15-12-19(15)7-9-21-10-8-19/h5-6,11,14-15,21H,1-4,7-10,12H2,(H,22,23). The van der Waals surface area contributed by atoms with Crippen molar-refractivity contribution in [2.24, 2.45) is 11.3 Å². The maximum absolute atomic E-state index is 14.2. The Morgan fingerprint density at radius 2 is 2.00 bits per heavy atom. The molecule has 4 nitrogen and oxygen atoms in total. The monoisotopic (exact) mass is 332 g/mol. The number of piperidine rings is 1. The number of hydrogen-bond acceptors (Lipinski definition) is 3. The van der Waals surface area contributed by atoms with Gasteiger partial charge >= 0.3 is 0 Å². The predicted molar refractivity (Wildman–Crippen MR) is 90.6 cm³/mol. The van der Waals surface area contributed by atoms with Crippen molar-refractivity contribution in [1.29, 1.82) is 0 Å². The molecule has 2 aliphatic carbocycles. The molecule has 1 aromatic carbocycles. The van der Waals surface area contributed by atoms with Crippen LogP contribution in [0.4, 0.5) is 10.1 Å². The van der Waals surface area contributed by atoms with E-state index in [-0.39, 0.29) is 23.3 Å². The number of carbonyl (C=O) groups is 1. The summed E-state index contributed by atoms with van der Waals surface area (Å²) >= 11 is 0. The van der Waals surface area contributed by atoms with Crippen LogP contribution in [0.15, 0.2) is 18.2 Å². The Morgan fingerprint density at radius 3 is 2.71 bits per heavy atom. The molecule has 2 N–H and O–H groups in total. The summed E-state index contributed by atoms with van der Waals surface area (Å²) in [7, 11) is 0. The van der Waals surface area contributed by atoms with Gasteiger partial charge in [0.25, 0.3) is 0 Å². The molecule has 0 radical (unpaired) electrons. The Bertz CT molecular complexity index is 622. The van der Waals surface area contributed by atoms with Crippen LogP contribution < -0.4 is 15.4 Å². The lowest BCUT2D eigenvalue weighted by Gasteiger charge is -2.23. The van der Waals surface area contributed by atoms with Gasteiger partial charge in [0, 0.05) is 17.7 Å². The van der Waals surface area contributed by atoms with Gasteiger partial charge in [-0.2, -0.15) is 0 Å². The Labute approximate surface area is 142 Å². The molecule has 1 unspecified atom stereocenters. The van der Waals surface area contributed by atoms with E-state index in [9.17, 15) is 9.18 Å². The van der Waals surface area contributed by atoms with Crippen molar-refractivity contribution >= 4 is 11.6 Å². The summed E-state index contributed by atoms with van der Waals surface area (Å²) in [6.45, 7) is 1.98. The van der Waals surface area contributed by atoms with Crippen LogP contribution >= 0.6 is 0 Å². The average Bonchev–Trinajstić information content (AvgIpc) is 3.03. The first-order valence-corrected chi connectivity index (χ1v) is 9.14. The molecule has 1 atom stereocenters. The first-order valence-electron chi connectivity index (χ1n) is 9.14. The van der Waals surface area contributed by atoms with E-state index < -0.39 is 5.82 Å². The molecular weight excluding hydrogens is 307 g/mol. The van der Waals surface area contributed by atoms with Gasteiger partial charge in [0.2, 0.25) is 5.91 Å². The largest absolute Gasteiger partial charge is 0.487 e. The van der Waals surface area contributed by atoms with Crippen molar-refractivity contribution in [1.82, 2.24) is 5.32 Å². The molecule has 1 saturated heterocycles. The highest BCUT2D eigenvalue weighted by Crippen LogP contribution is 2.58. The summed E-state index contributed by atoms with van der Waals surface area (Å²) in [5.41, 5.74) is 0.714. The number of halogens is 1. The molecule has 5 heteroatoms. The number of hydrogen-bond donors (Lipinski definition) is 2. The molecule has 0 bridgehead atoms. The number of ether oxygens (including phenoxy) is 1. The van der Waals surface area contributed by atoms with Crippen molar-refractivity contribution in [3.8, 4) is 5.75 Å². The molecule has 3 aliphatic rings. The third-order valence-corrected chi connectivity index (χ3v) is 5.90. The van der Waals surface area contributed by atoms with E-state index in [1.165, 1.54) is 6.07 Å². The summed E-state index contributed by atoms with van der Waals surface area (Å²) in [4.78, 5) is 12.4. The van der Waals surface area contributed by atoms with Gasteiger partial charge < -0.3 is 15.4 Å². The van der Waals surface area contributed by atoms with E-state index in [1.54, 1.807) is 12.1 Å². The van der Waals surface area contributed by atoms with Gasteiger partial charge in [-0.05, 0) is 75.6 Å². The molecule has 1 spiro atoms. The van der Waals surface area contributed by atoms with Crippen molar-refractivity contribution in [3.63, 3.8) is 0 Å². The average molecular weight is 332 g/mol. The van der Waals surface area contributed by atoms with E-state index in [4.69, 9.17) is 4.74 Å². The minimum absolute atomic E-state index is 0.0285. The highest BCUT2D eigenvalue weighted by Gasteiger charge is 2.57. The highest BCUT2D eigenvalue weighted by atomic mass is 19.1. The second kappa shape index (κ2) is 6.36. The number of amides is 1. The van der Waals surface area contributed by atoms with Gasteiger partial charge in [0.1, 0.15) is 0 Å². The van der Waals surface area contributed by atoms with Crippen LogP contribution in [0.1, 0.15) is 44.9 Å². The third kappa shape index (κ3) is 3.14. The highest BCUT2D eigenvalue weighted by molar-refractivity contribution is 5.95. The van der Waals surface area contributed by atoms with E-state index in [0.29, 0.717) is 11.4 Å². The van der Waals surface area contributed by atoms with Crippen LogP contribution in [0, 0.1) is 17.2 Å². The lowest BCUT2D eigenvalue weighted by atomic mass is 9.92. The number of anilines is 1. The second-order valence-corrected chi connectivity index (χ2v) is 7.53. The van der Waals surface area contributed by atoms with E-state index in [2.05, 4.69) is 10.6 Å². The van der Waals surface area contributed by atoms with E-state index in [0.717, 1.165) is 58.0 Å². The Hall–Kier alpha value is -1.62. The second-order valence-electron chi connectivity index (χ2n) is 7.53. The topological polar surface area (TPSA) is 50.4 Å². The Morgan fingerprint density at radius 1 is 1.25 bits per heavy atom. The summed E-state index contributed by atoms with van der Waals surface area (Å²) in [6, 6.07) is 4.75. The minimum Gasteiger partial charge on any atom is -0.487 e. The Kier molecular flexibility index (Phi) is 4.21. The van der Waals surface area contributed by atoms with Crippen LogP contribution in [0.2, 0.25) is 0 Å². The molecule has 0 aromatic heterocycles. The normalized spacial score (nSPS) is 25.6. The van der Waals surface area contributed by atoms with Crippen LogP contribution in [0.5, 0.6) is 5.75 Å². The number of benzene rings is 1. The zero-order valence-electron chi connectivity index (χ0n) is 13.9. The zero-order valence-corrected chi connectivity index (χ0v) is 13.9. The number of nitrogens with one attached hydrogen (secondary N) is 2. The molecule has 2 saturated carbocycles. The smallest absolute Gasteiger partial charge is 0.228 e. The summed E-state index contributed by atoms with van der Waals surface area (Å²) in [5, 5.41) is 6.22. The SMILES string of the molecule is O=C(Nc1ccc(OC2CCCC2)c(F)c1)C1CC12CCNCC2. The lowest BCUT2D eigenvalue weighted by Crippen LogP contribution is -2.31. The quantitative estimate of drug-likeness (QED) is 0.887. The van der Waals surface area contributed by atoms with Gasteiger partial charge in [-0.15, -0.1) is 0 Å². The van der Waals surface area contributed by atoms with Crippen LogP contribution in [-0.4, -0.2) is 25.1 Å². The van der Waals surface area contributed by atoms with E-state index in [1.807, 2.05) is 0 Å². The molecule has 1 aromatic rings. The maximum Gasteiger partial charge on any atom is 0.228 e. The molecule has 4 rings (SSSR count). The van der Waals surface area contributed by atoms with Gasteiger partial charge in [-0.3, -0.25) is 4.79 Å². The van der Waals surface area contributed by atoms with Crippen molar-refractivity contribution in [3.05, 3.63) is 24.0 Å². The van der Waals surface area contributed by atoms with Gasteiger partial charge in [0.05, 0.1) is 6.10 Å². The fourth-order valence-electron chi connectivity index (χ4n) is 4.28. The summed E-state index contributed by atoms with van der Waals surface area (Å²) < 4.78 is 20.0. The van der Waals surface area contributed by atoms with Gasteiger partial charge in [0.15, 0.2) is 11.6 Å². The molecular formula is C19H25FN2O2. The van der Waals surface area contributed by atoms with Crippen LogP contribution in [0.3, 0.4) is 0 Å². The molecule has 24 heavy (non-hydrogen) atoms. The fraction of sp³-hybridized carbons (Fsp3) is 0.632. The predicted octanol–water partition coefficient (Wildman–Crippen LogP) is 3.48. The van der Waals surface area contributed by atoms with Crippen molar-refractivity contribution in [2.45, 2.75) is 51.0 Å². The minimum atomic E-state index is -0.396. The molecule has 130 valence electrons. The summed E-state index contributed by atoms with van der Waals surface area (Å²) in [6.07, 6.45) is 7.52. The van der Waals surface area contributed by atoms with E-state index >= 15 is 0 Å². The summed E-state index contributed by atoms with van der Waals surface area (Å²) in [5.74, 6) is 0.00561. The first-order chi connectivity index (χ1) is 11.7. The Balaban J connectivity index is 1.36. The lowest BCUT2D eigenvalue weighted by molar-refractivity contribution is -0.118. The molecule has 1 aliphatic heterocycles. The number of rotatable bonds is 4. The van der Waals surface area contributed by atoms with Gasteiger partial charge in [-0.25, -0.2) is 4.39 Å².